The van der Waals surface area contributed by atoms with Gasteiger partial charge in [0.25, 0.3) is 0 Å². The largest absolute Gasteiger partial charge is 0.377 e. The molecule has 0 unspecified atom stereocenters. The van der Waals surface area contributed by atoms with Crippen LogP contribution in [-0.4, -0.2) is 17.8 Å². The van der Waals surface area contributed by atoms with Crippen molar-refractivity contribution in [2.45, 2.75) is 19.9 Å². The smallest absolute Gasteiger partial charge is 0.0653 e. The summed E-state index contributed by atoms with van der Waals surface area (Å²) in [4.78, 5) is 0. The van der Waals surface area contributed by atoms with Gasteiger partial charge >= 0.3 is 0 Å². The van der Waals surface area contributed by atoms with Crippen molar-refractivity contribution in [1.29, 1.82) is 0 Å². The molecule has 1 aliphatic heterocycles. The lowest BCUT2D eigenvalue weighted by Crippen LogP contribution is -2.10. The molecule has 2 aromatic carbocycles. The molecule has 1 aliphatic rings. The summed E-state index contributed by atoms with van der Waals surface area (Å²) in [5.41, 5.74) is 6.68. The Bertz CT molecular complexity index is 908. The van der Waals surface area contributed by atoms with Gasteiger partial charge in [-0.05, 0) is 36.3 Å². The van der Waals surface area contributed by atoms with Crippen LogP contribution < -0.4 is 0 Å². The van der Waals surface area contributed by atoms with Crippen molar-refractivity contribution in [1.82, 2.24) is 4.57 Å². The number of halogens is 1. The third kappa shape index (κ3) is 2.83. The first kappa shape index (κ1) is 15.7. The summed E-state index contributed by atoms with van der Waals surface area (Å²) in [5.74, 6) is 0. The van der Waals surface area contributed by atoms with Crippen molar-refractivity contribution in [2.24, 2.45) is 0 Å². The van der Waals surface area contributed by atoms with Crippen LogP contribution >= 0.6 is 15.9 Å². The molecular weight excluding hydrogens is 362 g/mol. The predicted octanol–water partition coefficient (Wildman–Crippen LogP) is 5.43. The van der Waals surface area contributed by atoms with E-state index >= 15 is 0 Å². The van der Waals surface area contributed by atoms with Crippen LogP contribution in [0.2, 0.25) is 0 Å². The molecule has 4 rings (SSSR count). The second-order valence-electron chi connectivity index (χ2n) is 6.27. The molecule has 0 spiro atoms. The Morgan fingerprint density at radius 1 is 1.12 bits per heavy atom. The van der Waals surface area contributed by atoms with Gasteiger partial charge in [0.2, 0.25) is 0 Å². The van der Waals surface area contributed by atoms with E-state index in [9.17, 15) is 0 Å². The Labute approximate surface area is 150 Å². The van der Waals surface area contributed by atoms with Crippen molar-refractivity contribution >= 4 is 32.4 Å². The Morgan fingerprint density at radius 2 is 1.96 bits per heavy atom. The molecule has 2 nitrogen and oxygen atoms in total. The van der Waals surface area contributed by atoms with Crippen LogP contribution in [0.5, 0.6) is 0 Å². The van der Waals surface area contributed by atoms with Crippen LogP contribution in [0.1, 0.15) is 23.7 Å². The SMILES string of the molecule is C/C1=C/COCCc2c1c1cc(Br)ccc1n2Cc1ccccc1. The first-order chi connectivity index (χ1) is 11.7. The van der Waals surface area contributed by atoms with E-state index in [0.29, 0.717) is 6.61 Å². The standard InChI is InChI=1S/C21H20BrNO/c1-15-9-11-24-12-10-20-21(15)18-13-17(22)7-8-19(18)23(20)14-16-5-3-2-4-6-16/h2-9,13H,10-12,14H2,1H3/b15-9-. The van der Waals surface area contributed by atoms with Crippen LogP contribution in [0, 0.1) is 0 Å². The van der Waals surface area contributed by atoms with Gasteiger partial charge < -0.3 is 9.30 Å². The van der Waals surface area contributed by atoms with Gasteiger partial charge in [-0.2, -0.15) is 0 Å². The van der Waals surface area contributed by atoms with Crippen molar-refractivity contribution in [3.8, 4) is 0 Å². The van der Waals surface area contributed by atoms with Crippen LogP contribution in [0.25, 0.3) is 16.5 Å². The van der Waals surface area contributed by atoms with Crippen LogP contribution in [-0.2, 0) is 17.7 Å². The fourth-order valence-corrected chi connectivity index (χ4v) is 3.93. The summed E-state index contributed by atoms with van der Waals surface area (Å²) in [6.45, 7) is 4.55. The minimum Gasteiger partial charge on any atom is -0.377 e. The van der Waals surface area contributed by atoms with Gasteiger partial charge in [-0.15, -0.1) is 0 Å². The average molecular weight is 382 g/mol. The van der Waals surface area contributed by atoms with Gasteiger partial charge in [0.05, 0.1) is 13.2 Å². The molecular formula is C21H20BrNO. The van der Waals surface area contributed by atoms with E-state index in [1.54, 1.807) is 0 Å². The monoisotopic (exact) mass is 381 g/mol. The second kappa shape index (κ2) is 6.58. The maximum Gasteiger partial charge on any atom is 0.0653 e. The highest BCUT2D eigenvalue weighted by Crippen LogP contribution is 2.35. The van der Waals surface area contributed by atoms with Gasteiger partial charge in [0.1, 0.15) is 0 Å². The number of nitrogens with zero attached hydrogens (tertiary/aromatic N) is 1. The Balaban J connectivity index is 1.96. The van der Waals surface area contributed by atoms with Crippen molar-refractivity contribution in [2.75, 3.05) is 13.2 Å². The summed E-state index contributed by atoms with van der Waals surface area (Å²) in [6, 6.07) is 17.3. The number of fused-ring (bicyclic) bond motifs is 3. The van der Waals surface area contributed by atoms with Crippen molar-refractivity contribution in [3.05, 3.63) is 75.9 Å². The average Bonchev–Trinajstić information content (AvgIpc) is 2.85. The fraction of sp³-hybridized carbons (Fsp3) is 0.238. The van der Waals surface area contributed by atoms with E-state index in [0.717, 1.165) is 24.0 Å². The molecule has 0 N–H and O–H groups in total. The van der Waals surface area contributed by atoms with Gasteiger partial charge in [-0.3, -0.25) is 0 Å². The number of benzene rings is 2. The van der Waals surface area contributed by atoms with E-state index in [-0.39, 0.29) is 0 Å². The summed E-state index contributed by atoms with van der Waals surface area (Å²) < 4.78 is 9.31. The zero-order valence-electron chi connectivity index (χ0n) is 13.8. The van der Waals surface area contributed by atoms with E-state index in [2.05, 4.69) is 82.0 Å². The maximum atomic E-state index is 5.73. The molecule has 1 aromatic heterocycles. The van der Waals surface area contributed by atoms with E-state index in [1.165, 1.54) is 33.3 Å². The molecule has 2 heterocycles. The molecule has 3 aromatic rings. The van der Waals surface area contributed by atoms with Crippen molar-refractivity contribution < 1.29 is 4.74 Å². The zero-order chi connectivity index (χ0) is 16.5. The lowest BCUT2D eigenvalue weighted by molar-refractivity contribution is 0.164. The molecule has 0 saturated carbocycles. The predicted molar refractivity (Wildman–Crippen MR) is 103 cm³/mol. The number of aromatic nitrogens is 1. The highest BCUT2D eigenvalue weighted by Gasteiger charge is 2.19. The fourth-order valence-electron chi connectivity index (χ4n) is 3.56. The van der Waals surface area contributed by atoms with Crippen LogP contribution in [0.4, 0.5) is 0 Å². The van der Waals surface area contributed by atoms with Crippen LogP contribution in [0.3, 0.4) is 0 Å². The molecule has 0 radical (unpaired) electrons. The minimum absolute atomic E-state index is 0.699. The zero-order valence-corrected chi connectivity index (χ0v) is 15.3. The normalized spacial score (nSPS) is 17.0. The molecule has 3 heteroatoms. The highest BCUT2D eigenvalue weighted by atomic mass is 79.9. The van der Waals surface area contributed by atoms with E-state index in [1.807, 2.05) is 0 Å². The summed E-state index contributed by atoms with van der Waals surface area (Å²) in [7, 11) is 0. The number of ether oxygens (including phenoxy) is 1. The Kier molecular flexibility index (Phi) is 4.30. The molecule has 0 fully saturated rings. The first-order valence-corrected chi connectivity index (χ1v) is 9.13. The minimum atomic E-state index is 0.699. The molecule has 0 bridgehead atoms. The Morgan fingerprint density at radius 3 is 2.79 bits per heavy atom. The summed E-state index contributed by atoms with van der Waals surface area (Å²) in [5, 5.41) is 1.32. The number of hydrogen-bond acceptors (Lipinski definition) is 1. The molecule has 0 atom stereocenters. The van der Waals surface area contributed by atoms with Gasteiger partial charge in [-0.25, -0.2) is 0 Å². The van der Waals surface area contributed by atoms with Gasteiger partial charge in [0, 0.05) is 39.6 Å². The van der Waals surface area contributed by atoms with Gasteiger partial charge in [-0.1, -0.05) is 52.3 Å². The molecule has 24 heavy (non-hydrogen) atoms. The van der Waals surface area contributed by atoms with E-state index < -0.39 is 0 Å². The number of rotatable bonds is 2. The molecule has 0 amide bonds. The lowest BCUT2D eigenvalue weighted by atomic mass is 10.0. The lowest BCUT2D eigenvalue weighted by Gasteiger charge is -2.15. The van der Waals surface area contributed by atoms with Crippen LogP contribution in [0.15, 0.2) is 59.1 Å². The number of allylic oxidation sites excluding steroid dienone is 1. The maximum absolute atomic E-state index is 5.73. The quantitative estimate of drug-likeness (QED) is 0.577. The van der Waals surface area contributed by atoms with Gasteiger partial charge in [0.15, 0.2) is 0 Å². The third-order valence-corrected chi connectivity index (χ3v) is 5.19. The molecule has 0 aliphatic carbocycles. The molecule has 0 saturated heterocycles. The second-order valence-corrected chi connectivity index (χ2v) is 7.18. The first-order valence-electron chi connectivity index (χ1n) is 8.33. The highest BCUT2D eigenvalue weighted by molar-refractivity contribution is 9.10. The third-order valence-electron chi connectivity index (χ3n) is 4.70. The van der Waals surface area contributed by atoms with E-state index in [4.69, 9.17) is 4.74 Å². The number of hydrogen-bond donors (Lipinski definition) is 0. The Hall–Kier alpha value is -1.84. The van der Waals surface area contributed by atoms with Crippen molar-refractivity contribution in [3.63, 3.8) is 0 Å². The summed E-state index contributed by atoms with van der Waals surface area (Å²) in [6.07, 6.45) is 3.14. The summed E-state index contributed by atoms with van der Waals surface area (Å²) >= 11 is 3.64. The molecule has 122 valence electrons. The topological polar surface area (TPSA) is 14.2 Å².